The summed E-state index contributed by atoms with van der Waals surface area (Å²) < 4.78 is 18.6. The first-order valence-corrected chi connectivity index (χ1v) is 10.2. The number of amides is 1. The van der Waals surface area contributed by atoms with Crippen LogP contribution in [-0.4, -0.2) is 57.2 Å². The van der Waals surface area contributed by atoms with Gasteiger partial charge in [0.15, 0.2) is 0 Å². The Morgan fingerprint density at radius 2 is 1.97 bits per heavy atom. The molecule has 0 saturated carbocycles. The number of nitrogens with one attached hydrogen (secondary N) is 2. The first kappa shape index (κ1) is 20.4. The molecule has 0 bridgehead atoms. The molecular weight excluding hydrogens is 383 g/mol. The molecule has 0 aromatic heterocycles. The number of hydrogen-bond acceptors (Lipinski definition) is 5. The summed E-state index contributed by atoms with van der Waals surface area (Å²) >= 11 is 0. The molecule has 1 saturated heterocycles. The van der Waals surface area contributed by atoms with Gasteiger partial charge in [-0.25, -0.2) is 4.39 Å². The van der Waals surface area contributed by atoms with Crippen LogP contribution in [0.1, 0.15) is 11.1 Å². The van der Waals surface area contributed by atoms with E-state index in [2.05, 4.69) is 39.5 Å². The number of methoxy groups -OCH3 is 1. The van der Waals surface area contributed by atoms with Gasteiger partial charge < -0.3 is 20.3 Å². The van der Waals surface area contributed by atoms with Gasteiger partial charge in [-0.1, -0.05) is 0 Å². The molecule has 0 radical (unpaired) electrons. The third kappa shape index (κ3) is 4.32. The summed E-state index contributed by atoms with van der Waals surface area (Å²) in [5, 5.41) is 5.92. The van der Waals surface area contributed by atoms with Crippen LogP contribution in [0.3, 0.4) is 0 Å². The predicted octanol–water partition coefficient (Wildman–Crippen LogP) is 3.31. The Hall–Kier alpha value is -2.90. The zero-order valence-corrected chi connectivity index (χ0v) is 17.4. The number of halogens is 1. The number of carbonyl (C=O) groups excluding carboxylic acids is 1. The SMILES string of the molecule is COCCN1CCN(c2ccc(N/C=C3/C(=O)Nc4cc(F)ccc43)cc2C)CC1. The standard InChI is InChI=1S/C23H27FN4O2/c1-16-13-18(4-6-22(16)28-9-7-27(8-10-28)11-12-30-2)25-15-20-19-5-3-17(24)14-21(19)26-23(20)29/h3-6,13-15,25H,7-12H2,1-2H3,(H,26,29)/b20-15+. The van der Waals surface area contributed by atoms with Crippen molar-refractivity contribution < 1.29 is 13.9 Å². The van der Waals surface area contributed by atoms with Crippen molar-refractivity contribution in [1.82, 2.24) is 4.90 Å². The molecule has 2 aromatic carbocycles. The smallest absolute Gasteiger partial charge is 0.257 e. The number of fused-ring (bicyclic) bond motifs is 1. The topological polar surface area (TPSA) is 56.8 Å². The van der Waals surface area contributed by atoms with Crippen LogP contribution < -0.4 is 15.5 Å². The van der Waals surface area contributed by atoms with E-state index in [1.54, 1.807) is 19.4 Å². The highest BCUT2D eigenvalue weighted by molar-refractivity contribution is 6.31. The van der Waals surface area contributed by atoms with Crippen LogP contribution in [0, 0.1) is 12.7 Å². The van der Waals surface area contributed by atoms with Crippen molar-refractivity contribution >= 4 is 28.5 Å². The fourth-order valence-electron chi connectivity index (χ4n) is 4.00. The van der Waals surface area contributed by atoms with E-state index in [0.29, 0.717) is 16.8 Å². The minimum atomic E-state index is -0.367. The van der Waals surface area contributed by atoms with Crippen LogP contribution in [0.25, 0.3) is 5.57 Å². The van der Waals surface area contributed by atoms with E-state index in [0.717, 1.165) is 45.0 Å². The van der Waals surface area contributed by atoms with Gasteiger partial charge in [-0.2, -0.15) is 0 Å². The van der Waals surface area contributed by atoms with Gasteiger partial charge in [-0.15, -0.1) is 0 Å². The van der Waals surface area contributed by atoms with E-state index < -0.39 is 0 Å². The zero-order chi connectivity index (χ0) is 21.1. The summed E-state index contributed by atoms with van der Waals surface area (Å²) in [6.45, 7) is 7.90. The maximum absolute atomic E-state index is 13.4. The minimum absolute atomic E-state index is 0.234. The molecule has 0 unspecified atom stereocenters. The average Bonchev–Trinajstić information content (AvgIpc) is 3.05. The van der Waals surface area contributed by atoms with E-state index in [1.165, 1.54) is 23.4 Å². The highest BCUT2D eigenvalue weighted by Gasteiger charge is 2.24. The lowest BCUT2D eigenvalue weighted by Crippen LogP contribution is -2.47. The van der Waals surface area contributed by atoms with Gasteiger partial charge in [0.2, 0.25) is 0 Å². The van der Waals surface area contributed by atoms with E-state index in [-0.39, 0.29) is 11.7 Å². The van der Waals surface area contributed by atoms with Crippen molar-refractivity contribution in [3.63, 3.8) is 0 Å². The quantitative estimate of drug-likeness (QED) is 0.716. The van der Waals surface area contributed by atoms with Crippen molar-refractivity contribution in [3.8, 4) is 0 Å². The first-order chi connectivity index (χ1) is 14.5. The van der Waals surface area contributed by atoms with Gasteiger partial charge in [0.25, 0.3) is 5.91 Å². The molecule has 2 aromatic rings. The molecule has 4 rings (SSSR count). The number of ether oxygens (including phenoxy) is 1. The number of benzene rings is 2. The highest BCUT2D eigenvalue weighted by Crippen LogP contribution is 2.32. The average molecular weight is 410 g/mol. The Morgan fingerprint density at radius 1 is 1.17 bits per heavy atom. The van der Waals surface area contributed by atoms with Crippen LogP contribution >= 0.6 is 0 Å². The molecule has 2 aliphatic heterocycles. The Kier molecular flexibility index (Phi) is 6.01. The maximum Gasteiger partial charge on any atom is 0.257 e. The summed E-state index contributed by atoms with van der Waals surface area (Å²) in [6.07, 6.45) is 1.68. The van der Waals surface area contributed by atoms with Crippen LogP contribution in [0.4, 0.5) is 21.5 Å². The fourth-order valence-corrected chi connectivity index (χ4v) is 4.00. The lowest BCUT2D eigenvalue weighted by atomic mass is 10.1. The maximum atomic E-state index is 13.4. The highest BCUT2D eigenvalue weighted by atomic mass is 19.1. The van der Waals surface area contributed by atoms with Crippen molar-refractivity contribution in [2.24, 2.45) is 0 Å². The first-order valence-electron chi connectivity index (χ1n) is 10.2. The van der Waals surface area contributed by atoms with Crippen LogP contribution in [0.5, 0.6) is 0 Å². The molecule has 30 heavy (non-hydrogen) atoms. The molecule has 2 aliphatic rings. The number of rotatable bonds is 6. The summed E-state index contributed by atoms with van der Waals surface area (Å²) in [5.41, 5.74) is 5.03. The third-order valence-corrected chi connectivity index (χ3v) is 5.67. The molecular formula is C23H27FN4O2. The monoisotopic (exact) mass is 410 g/mol. The largest absolute Gasteiger partial charge is 0.383 e. The van der Waals surface area contributed by atoms with Crippen molar-refractivity contribution in [2.75, 3.05) is 62.0 Å². The number of hydrogen-bond donors (Lipinski definition) is 2. The molecule has 2 N–H and O–H groups in total. The number of nitrogens with zero attached hydrogens (tertiary/aromatic N) is 2. The van der Waals surface area contributed by atoms with Crippen LogP contribution in [0.2, 0.25) is 0 Å². The second kappa shape index (κ2) is 8.85. The lowest BCUT2D eigenvalue weighted by molar-refractivity contribution is -0.110. The fraction of sp³-hybridized carbons (Fsp3) is 0.348. The predicted molar refractivity (Wildman–Crippen MR) is 118 cm³/mol. The zero-order valence-electron chi connectivity index (χ0n) is 17.4. The summed E-state index contributed by atoms with van der Waals surface area (Å²) in [6, 6.07) is 10.6. The van der Waals surface area contributed by atoms with Crippen molar-refractivity contribution in [1.29, 1.82) is 0 Å². The summed E-state index contributed by atoms with van der Waals surface area (Å²) in [5.74, 6) is -0.600. The van der Waals surface area contributed by atoms with E-state index in [4.69, 9.17) is 4.74 Å². The van der Waals surface area contributed by atoms with Gasteiger partial charge in [-0.3, -0.25) is 9.69 Å². The molecule has 1 fully saturated rings. The number of aryl methyl sites for hydroxylation is 1. The Labute approximate surface area is 176 Å². The van der Waals surface area contributed by atoms with Gasteiger partial charge in [0.05, 0.1) is 17.9 Å². The molecule has 158 valence electrons. The normalized spacial score (nSPS) is 17.9. The third-order valence-electron chi connectivity index (χ3n) is 5.67. The van der Waals surface area contributed by atoms with Gasteiger partial charge >= 0.3 is 0 Å². The van der Waals surface area contributed by atoms with Crippen LogP contribution in [0.15, 0.2) is 42.6 Å². The minimum Gasteiger partial charge on any atom is -0.383 e. The van der Waals surface area contributed by atoms with Gasteiger partial charge in [0.1, 0.15) is 5.82 Å². The van der Waals surface area contributed by atoms with E-state index >= 15 is 0 Å². The molecule has 2 heterocycles. The summed E-state index contributed by atoms with van der Waals surface area (Å²) in [7, 11) is 1.74. The van der Waals surface area contributed by atoms with Crippen molar-refractivity contribution in [2.45, 2.75) is 6.92 Å². The summed E-state index contributed by atoms with van der Waals surface area (Å²) in [4.78, 5) is 17.1. The van der Waals surface area contributed by atoms with Crippen molar-refractivity contribution in [3.05, 3.63) is 59.5 Å². The van der Waals surface area contributed by atoms with Gasteiger partial charge in [-0.05, 0) is 48.9 Å². The molecule has 0 aliphatic carbocycles. The lowest BCUT2D eigenvalue weighted by Gasteiger charge is -2.36. The van der Waals surface area contributed by atoms with Gasteiger partial charge in [0, 0.05) is 63.0 Å². The molecule has 6 nitrogen and oxygen atoms in total. The second-order valence-corrected chi connectivity index (χ2v) is 7.67. The second-order valence-electron chi connectivity index (χ2n) is 7.67. The molecule has 7 heteroatoms. The number of piperazine rings is 1. The molecule has 0 atom stereocenters. The number of carbonyl (C=O) groups is 1. The number of anilines is 3. The Balaban J connectivity index is 1.42. The molecule has 1 amide bonds. The van der Waals surface area contributed by atoms with E-state index in [9.17, 15) is 9.18 Å². The van der Waals surface area contributed by atoms with E-state index in [1.807, 2.05) is 6.07 Å². The Morgan fingerprint density at radius 3 is 2.70 bits per heavy atom. The van der Waals surface area contributed by atoms with Crippen LogP contribution in [-0.2, 0) is 9.53 Å². The molecule has 0 spiro atoms. The Bertz CT molecular complexity index is 968.